The summed E-state index contributed by atoms with van der Waals surface area (Å²) in [5.74, 6) is 3.81. The van der Waals surface area contributed by atoms with Crippen LogP contribution in [0.5, 0.6) is 23.0 Å². The molecule has 6 aromatic rings. The fraction of sp³-hybridized carbons (Fsp3) is 0.308. The summed E-state index contributed by atoms with van der Waals surface area (Å²) in [5, 5.41) is 0. The van der Waals surface area contributed by atoms with Crippen molar-refractivity contribution >= 4 is 0 Å². The zero-order valence-electron chi connectivity index (χ0n) is 34.2. The highest BCUT2D eigenvalue weighted by atomic mass is 16.5. The number of aryl methyl sites for hydroxylation is 2. The highest BCUT2D eigenvalue weighted by molar-refractivity contribution is 5.87. The zero-order valence-corrected chi connectivity index (χ0v) is 34.2. The predicted octanol–water partition coefficient (Wildman–Crippen LogP) is 14.8. The monoisotopic (exact) mass is 710 g/mol. The Morgan fingerprint density at radius 3 is 1.17 bits per heavy atom. The minimum Gasteiger partial charge on any atom is -0.456 e. The van der Waals surface area contributed by atoms with Crippen molar-refractivity contribution in [2.24, 2.45) is 0 Å². The molecular weight excluding hydrogens is 657 g/mol. The van der Waals surface area contributed by atoms with Crippen molar-refractivity contribution in [1.82, 2.24) is 0 Å². The summed E-state index contributed by atoms with van der Waals surface area (Å²) in [6, 6.07) is 40.3. The van der Waals surface area contributed by atoms with E-state index >= 15 is 0 Å². The number of para-hydroxylation sites is 2. The van der Waals surface area contributed by atoms with Crippen molar-refractivity contribution in [3.63, 3.8) is 0 Å². The van der Waals surface area contributed by atoms with Gasteiger partial charge in [-0.15, -0.1) is 0 Å². The third-order valence-electron chi connectivity index (χ3n) is 12.2. The first-order valence-electron chi connectivity index (χ1n) is 19.5. The van der Waals surface area contributed by atoms with E-state index in [1.165, 1.54) is 77.9 Å². The van der Waals surface area contributed by atoms with Gasteiger partial charge in [0, 0.05) is 44.2 Å². The highest BCUT2D eigenvalue weighted by Crippen LogP contribution is 2.56. The van der Waals surface area contributed by atoms with E-state index in [-0.39, 0.29) is 21.7 Å². The molecule has 0 spiro atoms. The van der Waals surface area contributed by atoms with E-state index in [1.54, 1.807) is 0 Å². The lowest BCUT2D eigenvalue weighted by molar-refractivity contribution is 0.417. The SMILES string of the molecule is Cc1ccc(-c2c(C(C)(C)C)ccc3c2Oc2ccccc2C3(C)C)cc1-c1cc(-c2c(C(C)(C)C)ccc3c2Oc2ccccc2C3(C)C)ccc1C. The van der Waals surface area contributed by atoms with Gasteiger partial charge >= 0.3 is 0 Å². The number of fused-ring (bicyclic) bond motifs is 4. The molecule has 0 saturated heterocycles. The van der Waals surface area contributed by atoms with Crippen LogP contribution in [0.4, 0.5) is 0 Å². The average molecular weight is 711 g/mol. The van der Waals surface area contributed by atoms with Crippen LogP contribution in [0.1, 0.15) is 114 Å². The Morgan fingerprint density at radius 1 is 0.426 bits per heavy atom. The molecule has 0 fully saturated rings. The number of rotatable bonds is 3. The lowest BCUT2D eigenvalue weighted by atomic mass is 9.71. The third-order valence-corrected chi connectivity index (χ3v) is 12.2. The van der Waals surface area contributed by atoms with Crippen LogP contribution in [0.25, 0.3) is 33.4 Å². The molecule has 0 aliphatic carbocycles. The van der Waals surface area contributed by atoms with Gasteiger partial charge in [-0.2, -0.15) is 0 Å². The van der Waals surface area contributed by atoms with Crippen LogP contribution in [0.2, 0.25) is 0 Å². The lowest BCUT2D eigenvalue weighted by Gasteiger charge is -2.37. The maximum atomic E-state index is 6.94. The van der Waals surface area contributed by atoms with Crippen molar-refractivity contribution < 1.29 is 9.47 Å². The molecule has 0 aromatic heterocycles. The molecule has 0 atom stereocenters. The normalized spacial score (nSPS) is 15.3. The van der Waals surface area contributed by atoms with Crippen molar-refractivity contribution in [3.8, 4) is 56.4 Å². The molecule has 54 heavy (non-hydrogen) atoms. The second-order valence-electron chi connectivity index (χ2n) is 18.7. The Balaban J connectivity index is 1.34. The molecule has 274 valence electrons. The first-order valence-corrected chi connectivity index (χ1v) is 19.5. The van der Waals surface area contributed by atoms with E-state index < -0.39 is 0 Å². The summed E-state index contributed by atoms with van der Waals surface area (Å²) in [6.45, 7) is 27.6. The van der Waals surface area contributed by atoms with E-state index in [0.717, 1.165) is 23.0 Å². The van der Waals surface area contributed by atoms with Crippen LogP contribution in [0, 0.1) is 13.8 Å². The largest absolute Gasteiger partial charge is 0.456 e. The van der Waals surface area contributed by atoms with E-state index in [1.807, 2.05) is 0 Å². The molecule has 0 amide bonds. The van der Waals surface area contributed by atoms with Crippen LogP contribution in [0.3, 0.4) is 0 Å². The average Bonchev–Trinajstić information content (AvgIpc) is 3.11. The first-order chi connectivity index (χ1) is 25.4. The van der Waals surface area contributed by atoms with Gasteiger partial charge in [0.25, 0.3) is 0 Å². The van der Waals surface area contributed by atoms with Gasteiger partial charge in [-0.1, -0.05) is 154 Å². The minimum atomic E-state index is -0.204. The maximum Gasteiger partial charge on any atom is 0.139 e. The van der Waals surface area contributed by atoms with Crippen LogP contribution in [-0.2, 0) is 21.7 Å². The summed E-state index contributed by atoms with van der Waals surface area (Å²) in [6.07, 6.45) is 0. The van der Waals surface area contributed by atoms with Crippen LogP contribution >= 0.6 is 0 Å². The van der Waals surface area contributed by atoms with Gasteiger partial charge < -0.3 is 9.47 Å². The Kier molecular flexibility index (Phi) is 8.13. The topological polar surface area (TPSA) is 18.5 Å². The molecule has 2 nitrogen and oxygen atoms in total. The van der Waals surface area contributed by atoms with E-state index in [0.29, 0.717) is 0 Å². The van der Waals surface area contributed by atoms with Crippen molar-refractivity contribution in [3.05, 3.63) is 154 Å². The van der Waals surface area contributed by atoms with Crippen molar-refractivity contribution in [2.45, 2.75) is 105 Å². The van der Waals surface area contributed by atoms with Gasteiger partial charge in [-0.05, 0) is 93.5 Å². The summed E-state index contributed by atoms with van der Waals surface area (Å²) >= 11 is 0. The van der Waals surface area contributed by atoms with E-state index in [2.05, 4.69) is 192 Å². The van der Waals surface area contributed by atoms with Gasteiger partial charge in [0.1, 0.15) is 23.0 Å². The minimum absolute atomic E-state index is 0.0993. The molecular formula is C52H54O2. The molecule has 0 radical (unpaired) electrons. The summed E-state index contributed by atoms with van der Waals surface area (Å²) < 4.78 is 13.9. The Hall–Kier alpha value is -5.08. The summed E-state index contributed by atoms with van der Waals surface area (Å²) in [5.41, 5.74) is 16.5. The zero-order chi connectivity index (χ0) is 38.5. The maximum absolute atomic E-state index is 6.94. The van der Waals surface area contributed by atoms with Gasteiger partial charge in [0.15, 0.2) is 0 Å². The molecule has 2 heterocycles. The van der Waals surface area contributed by atoms with Crippen LogP contribution < -0.4 is 9.47 Å². The first kappa shape index (κ1) is 35.9. The molecule has 0 bridgehead atoms. The van der Waals surface area contributed by atoms with Gasteiger partial charge in [-0.3, -0.25) is 0 Å². The summed E-state index contributed by atoms with van der Waals surface area (Å²) in [7, 11) is 0. The van der Waals surface area contributed by atoms with Crippen molar-refractivity contribution in [1.29, 1.82) is 0 Å². The Bertz CT molecular complexity index is 2300. The quantitative estimate of drug-likeness (QED) is 0.182. The van der Waals surface area contributed by atoms with Gasteiger partial charge in [0.05, 0.1) is 0 Å². The number of ether oxygens (including phenoxy) is 2. The molecule has 0 saturated carbocycles. The van der Waals surface area contributed by atoms with Gasteiger partial charge in [-0.25, -0.2) is 0 Å². The molecule has 0 unspecified atom stereocenters. The second kappa shape index (κ2) is 12.2. The van der Waals surface area contributed by atoms with E-state index in [9.17, 15) is 0 Å². The summed E-state index contributed by atoms with van der Waals surface area (Å²) in [4.78, 5) is 0. The van der Waals surface area contributed by atoms with Crippen LogP contribution in [-0.4, -0.2) is 0 Å². The fourth-order valence-corrected chi connectivity index (χ4v) is 8.97. The molecule has 6 aromatic carbocycles. The standard InChI is InChI=1S/C52H54O2/c1-31-21-23-33(45-39(49(3,4)5)25-27-41-47(45)53-43-19-15-13-17-37(43)51(41,9)10)29-35(31)36-30-34(24-22-32(36)2)46-40(50(6,7)8)26-28-42-48(46)54-44-20-16-14-18-38(44)52(42,11)12/h13-30H,1-12H3. The smallest absolute Gasteiger partial charge is 0.139 e. The van der Waals surface area contributed by atoms with Crippen molar-refractivity contribution in [2.75, 3.05) is 0 Å². The second-order valence-corrected chi connectivity index (χ2v) is 18.7. The molecule has 2 aliphatic heterocycles. The molecule has 2 heteroatoms. The predicted molar refractivity (Wildman–Crippen MR) is 227 cm³/mol. The Labute approximate surface area is 323 Å². The van der Waals surface area contributed by atoms with E-state index in [4.69, 9.17) is 9.47 Å². The molecule has 8 rings (SSSR count). The number of hydrogen-bond acceptors (Lipinski definition) is 2. The molecule has 2 aliphatic rings. The third kappa shape index (κ3) is 5.60. The van der Waals surface area contributed by atoms with Gasteiger partial charge in [0.2, 0.25) is 0 Å². The number of hydrogen-bond donors (Lipinski definition) is 0. The fourth-order valence-electron chi connectivity index (χ4n) is 8.97. The lowest BCUT2D eigenvalue weighted by Crippen LogP contribution is -2.26. The number of benzene rings is 6. The van der Waals surface area contributed by atoms with Crippen LogP contribution in [0.15, 0.2) is 109 Å². The highest BCUT2D eigenvalue weighted by Gasteiger charge is 2.39. The Morgan fingerprint density at radius 2 is 0.796 bits per heavy atom. The molecule has 0 N–H and O–H groups in total.